The van der Waals surface area contributed by atoms with Crippen LogP contribution in [-0.4, -0.2) is 11.0 Å². The summed E-state index contributed by atoms with van der Waals surface area (Å²) in [6.07, 6.45) is 1.50. The van der Waals surface area contributed by atoms with Crippen LogP contribution in [0.5, 0.6) is 5.75 Å². The molecule has 0 unspecified atom stereocenters. The molecule has 23 heavy (non-hydrogen) atoms. The minimum atomic E-state index is -0.459. The Hall–Kier alpha value is -2.33. The molecule has 0 saturated carbocycles. The van der Waals surface area contributed by atoms with E-state index in [1.54, 1.807) is 18.2 Å². The Morgan fingerprint density at radius 3 is 2.57 bits per heavy atom. The second kappa shape index (κ2) is 7.29. The lowest BCUT2D eigenvalue weighted by Gasteiger charge is -2.07. The summed E-state index contributed by atoms with van der Waals surface area (Å²) in [5.41, 5.74) is 3.54. The summed E-state index contributed by atoms with van der Waals surface area (Å²) in [7, 11) is 0. The van der Waals surface area contributed by atoms with Gasteiger partial charge in [0.1, 0.15) is 17.4 Å². The topological polar surface area (TPSA) is 73.1 Å². The van der Waals surface area contributed by atoms with Crippen LogP contribution in [-0.2, 0) is 4.79 Å². The fourth-order valence-corrected chi connectivity index (χ4v) is 2.49. The second-order valence-corrected chi connectivity index (χ2v) is 6.30. The number of benzene rings is 2. The summed E-state index contributed by atoms with van der Waals surface area (Å²) in [4.78, 5) is 12.2. The second-order valence-electron chi connectivity index (χ2n) is 5.13. The Labute approximate surface area is 148 Å². The molecule has 2 aromatic carbocycles. The molecule has 2 rings (SSSR count). The van der Waals surface area contributed by atoms with Crippen LogP contribution in [0.2, 0.25) is 0 Å². The quantitative estimate of drug-likeness (QED) is 0.447. The average Bonchev–Trinajstić information content (AvgIpc) is 2.52. The molecule has 0 atom stereocenters. The van der Waals surface area contributed by atoms with E-state index in [-0.39, 0.29) is 11.3 Å². The predicted octanol–water partition coefficient (Wildman–Crippen LogP) is 4.16. The molecule has 2 aromatic rings. The number of amides is 1. The highest BCUT2D eigenvalue weighted by Gasteiger charge is 2.10. The lowest BCUT2D eigenvalue weighted by Crippen LogP contribution is -2.13. The number of phenolic OH excluding ortho intramolecular Hbond substituents is 1. The van der Waals surface area contributed by atoms with Crippen molar-refractivity contribution in [1.82, 2.24) is 0 Å². The molecule has 0 aliphatic heterocycles. The number of rotatable bonds is 3. The Morgan fingerprint density at radius 1 is 1.22 bits per heavy atom. The van der Waals surface area contributed by atoms with E-state index in [0.717, 1.165) is 11.1 Å². The van der Waals surface area contributed by atoms with Gasteiger partial charge in [-0.25, -0.2) is 0 Å². The Morgan fingerprint density at radius 2 is 1.96 bits per heavy atom. The summed E-state index contributed by atoms with van der Waals surface area (Å²) >= 11 is 1.99. The smallest absolute Gasteiger partial charge is 0.266 e. The van der Waals surface area contributed by atoms with E-state index in [0.29, 0.717) is 14.8 Å². The van der Waals surface area contributed by atoms with Gasteiger partial charge in [0, 0.05) is 5.69 Å². The van der Waals surface area contributed by atoms with Crippen molar-refractivity contribution in [3.8, 4) is 11.8 Å². The molecule has 0 radical (unpaired) electrons. The molecular formula is C18H15IN2O2. The largest absolute Gasteiger partial charge is 0.507 e. The van der Waals surface area contributed by atoms with Crippen molar-refractivity contribution in [2.24, 2.45) is 0 Å². The molecule has 0 aliphatic carbocycles. The van der Waals surface area contributed by atoms with Crippen molar-refractivity contribution in [3.63, 3.8) is 0 Å². The maximum atomic E-state index is 12.2. The first-order valence-electron chi connectivity index (χ1n) is 6.89. The molecule has 1 amide bonds. The predicted molar refractivity (Wildman–Crippen MR) is 99.0 cm³/mol. The highest BCUT2D eigenvalue weighted by Crippen LogP contribution is 2.22. The SMILES string of the molecule is Cc1ccc(NC(=O)/C(C#N)=C\c2ccc(O)c(I)c2)cc1C. The molecule has 0 heterocycles. The fourth-order valence-electron chi connectivity index (χ4n) is 1.95. The van der Waals surface area contributed by atoms with E-state index < -0.39 is 5.91 Å². The first-order chi connectivity index (χ1) is 10.9. The number of hydrogen-bond acceptors (Lipinski definition) is 3. The lowest BCUT2D eigenvalue weighted by atomic mass is 10.1. The van der Waals surface area contributed by atoms with Gasteiger partial charge in [0.2, 0.25) is 0 Å². The van der Waals surface area contributed by atoms with Crippen LogP contribution < -0.4 is 5.32 Å². The summed E-state index contributed by atoms with van der Waals surface area (Å²) in [5.74, 6) is -0.292. The maximum Gasteiger partial charge on any atom is 0.266 e. The van der Waals surface area contributed by atoms with Gasteiger partial charge < -0.3 is 10.4 Å². The number of hydrogen-bond donors (Lipinski definition) is 2. The molecule has 0 aromatic heterocycles. The zero-order valence-corrected chi connectivity index (χ0v) is 14.9. The van der Waals surface area contributed by atoms with Crippen LogP contribution in [0, 0.1) is 28.7 Å². The van der Waals surface area contributed by atoms with Gasteiger partial charge in [-0.15, -0.1) is 0 Å². The van der Waals surface area contributed by atoms with E-state index >= 15 is 0 Å². The van der Waals surface area contributed by atoms with Gasteiger partial charge in [0.15, 0.2) is 0 Å². The average molecular weight is 418 g/mol. The van der Waals surface area contributed by atoms with E-state index in [4.69, 9.17) is 0 Å². The molecule has 0 bridgehead atoms. The number of nitrogens with one attached hydrogen (secondary N) is 1. The van der Waals surface area contributed by atoms with Crippen LogP contribution in [0.3, 0.4) is 0 Å². The minimum Gasteiger partial charge on any atom is -0.507 e. The van der Waals surface area contributed by atoms with Crippen LogP contribution in [0.25, 0.3) is 6.08 Å². The summed E-state index contributed by atoms with van der Waals surface area (Å²) in [6.45, 7) is 3.96. The third-order valence-electron chi connectivity index (χ3n) is 3.41. The van der Waals surface area contributed by atoms with Gasteiger partial charge in [-0.05, 0) is 83.5 Å². The standard InChI is InChI=1S/C18H15IN2O2/c1-11-3-5-15(7-12(11)2)21-18(23)14(10-20)8-13-4-6-17(22)16(19)9-13/h3-9,22H,1-2H3,(H,21,23)/b14-8-. The van der Waals surface area contributed by atoms with Crippen molar-refractivity contribution in [3.05, 3.63) is 62.2 Å². The maximum absolute atomic E-state index is 12.2. The first kappa shape index (κ1) is 17.0. The normalized spacial score (nSPS) is 11.0. The molecule has 4 nitrogen and oxygen atoms in total. The number of nitriles is 1. The number of carbonyl (C=O) groups excluding carboxylic acids is 1. The zero-order chi connectivity index (χ0) is 17.0. The van der Waals surface area contributed by atoms with Crippen molar-refractivity contribution in [1.29, 1.82) is 5.26 Å². The Bertz CT molecular complexity index is 835. The lowest BCUT2D eigenvalue weighted by molar-refractivity contribution is -0.112. The van der Waals surface area contributed by atoms with Crippen molar-refractivity contribution >= 4 is 40.3 Å². The number of nitrogens with zero attached hydrogens (tertiary/aromatic N) is 1. The van der Waals surface area contributed by atoms with Gasteiger partial charge in [-0.2, -0.15) is 5.26 Å². The number of aryl methyl sites for hydroxylation is 2. The van der Waals surface area contributed by atoms with Crippen molar-refractivity contribution < 1.29 is 9.90 Å². The van der Waals surface area contributed by atoms with E-state index in [9.17, 15) is 15.2 Å². The van der Waals surface area contributed by atoms with Gasteiger partial charge in [-0.3, -0.25) is 4.79 Å². The zero-order valence-electron chi connectivity index (χ0n) is 12.7. The number of aromatic hydroxyl groups is 1. The van der Waals surface area contributed by atoms with Gasteiger partial charge in [0.05, 0.1) is 3.57 Å². The molecule has 0 fully saturated rings. The van der Waals surface area contributed by atoms with Crippen LogP contribution in [0.15, 0.2) is 42.0 Å². The van der Waals surface area contributed by atoms with E-state index in [1.807, 2.05) is 54.6 Å². The molecule has 0 saturated heterocycles. The highest BCUT2D eigenvalue weighted by molar-refractivity contribution is 14.1. The minimum absolute atomic E-state index is 0.00437. The van der Waals surface area contributed by atoms with Crippen LogP contribution in [0.4, 0.5) is 5.69 Å². The molecule has 5 heteroatoms. The number of halogens is 1. The Balaban J connectivity index is 2.24. The molecular weight excluding hydrogens is 403 g/mol. The van der Waals surface area contributed by atoms with Crippen LogP contribution in [0.1, 0.15) is 16.7 Å². The molecule has 116 valence electrons. The highest BCUT2D eigenvalue weighted by atomic mass is 127. The summed E-state index contributed by atoms with van der Waals surface area (Å²) in [6, 6.07) is 12.4. The van der Waals surface area contributed by atoms with Crippen LogP contribution >= 0.6 is 22.6 Å². The Kier molecular flexibility index (Phi) is 5.40. The van der Waals surface area contributed by atoms with Gasteiger partial charge in [0.25, 0.3) is 5.91 Å². The van der Waals surface area contributed by atoms with Gasteiger partial charge in [-0.1, -0.05) is 12.1 Å². The number of phenols is 1. The van der Waals surface area contributed by atoms with E-state index in [1.165, 1.54) is 12.1 Å². The van der Waals surface area contributed by atoms with Crippen molar-refractivity contribution in [2.75, 3.05) is 5.32 Å². The summed E-state index contributed by atoms with van der Waals surface area (Å²) < 4.78 is 0.656. The van der Waals surface area contributed by atoms with Crippen molar-refractivity contribution in [2.45, 2.75) is 13.8 Å². The number of carbonyl (C=O) groups is 1. The third kappa shape index (κ3) is 4.33. The van der Waals surface area contributed by atoms with Gasteiger partial charge >= 0.3 is 0 Å². The molecule has 0 spiro atoms. The monoisotopic (exact) mass is 418 g/mol. The first-order valence-corrected chi connectivity index (χ1v) is 7.97. The summed E-state index contributed by atoms with van der Waals surface area (Å²) in [5, 5.41) is 21.5. The van der Waals surface area contributed by atoms with E-state index in [2.05, 4.69) is 5.32 Å². The molecule has 0 aliphatic rings. The fraction of sp³-hybridized carbons (Fsp3) is 0.111. The number of anilines is 1. The molecule has 2 N–H and O–H groups in total. The third-order valence-corrected chi connectivity index (χ3v) is 4.28.